The zero-order chi connectivity index (χ0) is 16.3. The van der Waals surface area contributed by atoms with Crippen LogP contribution in [0.2, 0.25) is 0 Å². The Morgan fingerprint density at radius 3 is 2.22 bits per heavy atom. The van der Waals surface area contributed by atoms with Crippen LogP contribution < -0.4 is 5.76 Å². The summed E-state index contributed by atoms with van der Waals surface area (Å²) in [6.45, 7) is -0.0240. The summed E-state index contributed by atoms with van der Waals surface area (Å²) in [7, 11) is -3.48. The molecule has 0 atom stereocenters. The lowest BCUT2D eigenvalue weighted by molar-refractivity contribution is 0.377. The first-order chi connectivity index (χ1) is 11.1. The largest absolute Gasteiger partial charge is 0.441 e. The maximum Gasteiger partial charge on any atom is 0.441 e. The summed E-state index contributed by atoms with van der Waals surface area (Å²) in [5.41, 5.74) is 0.690. The van der Waals surface area contributed by atoms with Gasteiger partial charge in [-0.25, -0.2) is 13.2 Å². The fourth-order valence-corrected chi connectivity index (χ4v) is 3.45. The minimum atomic E-state index is -3.48. The van der Waals surface area contributed by atoms with Gasteiger partial charge < -0.3 is 0 Å². The SMILES string of the molecule is O=c1onc(-c2ccccc2)n1CCS(=O)(=O)c1ccccc1. The third kappa shape index (κ3) is 3.24. The van der Waals surface area contributed by atoms with E-state index in [9.17, 15) is 13.2 Å². The smallest absolute Gasteiger partial charge is 0.295 e. The van der Waals surface area contributed by atoms with E-state index in [2.05, 4.69) is 9.68 Å². The van der Waals surface area contributed by atoms with E-state index in [1.807, 2.05) is 6.07 Å². The monoisotopic (exact) mass is 330 g/mol. The highest BCUT2D eigenvalue weighted by atomic mass is 32.2. The van der Waals surface area contributed by atoms with E-state index in [1.54, 1.807) is 42.5 Å². The molecule has 0 unspecified atom stereocenters. The molecule has 7 heteroatoms. The Bertz CT molecular complexity index is 945. The predicted octanol–water partition coefficient (Wildman–Crippen LogP) is 1.98. The number of rotatable bonds is 5. The highest BCUT2D eigenvalue weighted by molar-refractivity contribution is 7.91. The zero-order valence-corrected chi connectivity index (χ0v) is 12.9. The van der Waals surface area contributed by atoms with E-state index >= 15 is 0 Å². The van der Waals surface area contributed by atoms with Crippen molar-refractivity contribution in [2.24, 2.45) is 0 Å². The molecule has 0 fully saturated rings. The van der Waals surface area contributed by atoms with Gasteiger partial charge in [0.15, 0.2) is 15.7 Å². The van der Waals surface area contributed by atoms with Crippen LogP contribution in [0.15, 0.2) is 74.9 Å². The van der Waals surface area contributed by atoms with Gasteiger partial charge >= 0.3 is 5.76 Å². The van der Waals surface area contributed by atoms with Crippen LogP contribution in [0.1, 0.15) is 0 Å². The van der Waals surface area contributed by atoms with E-state index in [4.69, 9.17) is 0 Å². The predicted molar refractivity (Wildman–Crippen MR) is 84.7 cm³/mol. The summed E-state index contributed by atoms with van der Waals surface area (Å²) in [4.78, 5) is 12.0. The van der Waals surface area contributed by atoms with Crippen LogP contribution in [0.25, 0.3) is 11.4 Å². The van der Waals surface area contributed by atoms with E-state index in [0.29, 0.717) is 11.4 Å². The maximum atomic E-state index is 12.3. The average molecular weight is 330 g/mol. The van der Waals surface area contributed by atoms with Gasteiger partial charge in [0, 0.05) is 12.1 Å². The zero-order valence-electron chi connectivity index (χ0n) is 12.1. The molecule has 0 aliphatic carbocycles. The molecule has 0 saturated heterocycles. The maximum absolute atomic E-state index is 12.3. The number of hydrogen-bond acceptors (Lipinski definition) is 5. The molecule has 0 aliphatic heterocycles. The van der Waals surface area contributed by atoms with Crippen molar-refractivity contribution in [1.29, 1.82) is 0 Å². The molecular weight excluding hydrogens is 316 g/mol. The molecule has 0 N–H and O–H groups in total. The highest BCUT2D eigenvalue weighted by Crippen LogP contribution is 2.16. The summed E-state index contributed by atoms with van der Waals surface area (Å²) in [5.74, 6) is -0.566. The van der Waals surface area contributed by atoms with Crippen LogP contribution in [-0.2, 0) is 16.4 Å². The molecule has 0 saturated carbocycles. The fraction of sp³-hybridized carbons (Fsp3) is 0.125. The first-order valence-electron chi connectivity index (χ1n) is 6.98. The Morgan fingerprint density at radius 2 is 1.57 bits per heavy atom. The van der Waals surface area contributed by atoms with Crippen LogP contribution in [0.5, 0.6) is 0 Å². The van der Waals surface area contributed by atoms with E-state index < -0.39 is 15.6 Å². The minimum Gasteiger partial charge on any atom is -0.295 e. The van der Waals surface area contributed by atoms with Gasteiger partial charge in [-0.1, -0.05) is 53.7 Å². The lowest BCUT2D eigenvalue weighted by atomic mass is 10.2. The Hall–Kier alpha value is -2.67. The standard InChI is InChI=1S/C16H14N2O4S/c19-16-18(15(17-22-16)13-7-3-1-4-8-13)11-12-23(20,21)14-9-5-2-6-10-14/h1-10H,11-12H2. The third-order valence-corrected chi connectivity index (χ3v) is 5.11. The van der Waals surface area contributed by atoms with Crippen molar-refractivity contribution in [2.45, 2.75) is 11.4 Å². The van der Waals surface area contributed by atoms with Crippen molar-refractivity contribution < 1.29 is 12.9 Å². The van der Waals surface area contributed by atoms with Gasteiger partial charge in [0.2, 0.25) is 0 Å². The highest BCUT2D eigenvalue weighted by Gasteiger charge is 2.18. The van der Waals surface area contributed by atoms with Crippen LogP contribution in [0.4, 0.5) is 0 Å². The third-order valence-electron chi connectivity index (χ3n) is 3.40. The summed E-state index contributed by atoms with van der Waals surface area (Å²) in [6.07, 6.45) is 0. The molecule has 118 valence electrons. The lowest BCUT2D eigenvalue weighted by Crippen LogP contribution is -2.21. The summed E-state index contributed by atoms with van der Waals surface area (Å²) >= 11 is 0. The van der Waals surface area contributed by atoms with Crippen molar-refractivity contribution in [3.05, 3.63) is 71.2 Å². The van der Waals surface area contributed by atoms with Crippen LogP contribution in [-0.4, -0.2) is 23.9 Å². The van der Waals surface area contributed by atoms with Crippen molar-refractivity contribution in [2.75, 3.05) is 5.75 Å². The molecule has 0 aliphatic rings. The topological polar surface area (TPSA) is 82.2 Å². The van der Waals surface area contributed by atoms with Gasteiger partial charge in [0.1, 0.15) is 0 Å². The van der Waals surface area contributed by atoms with Gasteiger partial charge in [-0.2, -0.15) is 0 Å². The average Bonchev–Trinajstić information content (AvgIpc) is 2.95. The Balaban J connectivity index is 1.88. The number of sulfone groups is 1. The minimum absolute atomic E-state index is 0.0240. The van der Waals surface area contributed by atoms with E-state index in [1.165, 1.54) is 16.7 Å². The molecule has 0 bridgehead atoms. The second-order valence-corrected chi connectivity index (χ2v) is 7.03. The van der Waals surface area contributed by atoms with E-state index in [0.717, 1.165) is 0 Å². The van der Waals surface area contributed by atoms with Gasteiger partial charge in [0.25, 0.3) is 0 Å². The molecule has 0 amide bonds. The number of aromatic nitrogens is 2. The van der Waals surface area contributed by atoms with Crippen molar-refractivity contribution in [3.8, 4) is 11.4 Å². The number of nitrogens with zero attached hydrogens (tertiary/aromatic N) is 2. The summed E-state index contributed by atoms with van der Waals surface area (Å²) < 4.78 is 30.6. The molecule has 0 spiro atoms. The molecule has 3 aromatic rings. The molecule has 0 radical (unpaired) electrons. The first kappa shape index (κ1) is 15.2. The van der Waals surface area contributed by atoms with E-state index in [-0.39, 0.29) is 17.2 Å². The Labute approximate surface area is 132 Å². The second-order valence-electron chi connectivity index (χ2n) is 4.92. The summed E-state index contributed by atoms with van der Waals surface area (Å²) in [5, 5.41) is 3.74. The quantitative estimate of drug-likeness (QED) is 0.714. The Kier molecular flexibility index (Phi) is 4.12. The van der Waals surface area contributed by atoms with Crippen molar-refractivity contribution >= 4 is 9.84 Å². The number of benzene rings is 2. The molecule has 2 aromatic carbocycles. The molecule has 1 heterocycles. The first-order valence-corrected chi connectivity index (χ1v) is 8.63. The molecule has 1 aromatic heterocycles. The van der Waals surface area contributed by atoms with Gasteiger partial charge in [0.05, 0.1) is 10.6 Å². The fourth-order valence-electron chi connectivity index (χ4n) is 2.22. The Morgan fingerprint density at radius 1 is 0.957 bits per heavy atom. The summed E-state index contributed by atoms with van der Waals surface area (Å²) in [6, 6.07) is 17.1. The van der Waals surface area contributed by atoms with Crippen LogP contribution in [0, 0.1) is 0 Å². The molecule has 23 heavy (non-hydrogen) atoms. The van der Waals surface area contributed by atoms with Crippen molar-refractivity contribution in [3.63, 3.8) is 0 Å². The van der Waals surface area contributed by atoms with Crippen molar-refractivity contribution in [1.82, 2.24) is 9.72 Å². The normalized spacial score (nSPS) is 11.5. The second kappa shape index (κ2) is 6.21. The number of hydrogen-bond donors (Lipinski definition) is 0. The molecule has 6 nitrogen and oxygen atoms in total. The van der Waals surface area contributed by atoms with Gasteiger partial charge in [-0.3, -0.25) is 9.09 Å². The van der Waals surface area contributed by atoms with Gasteiger partial charge in [-0.05, 0) is 12.1 Å². The molecule has 3 rings (SSSR count). The lowest BCUT2D eigenvalue weighted by Gasteiger charge is -2.06. The van der Waals surface area contributed by atoms with Gasteiger partial charge in [-0.15, -0.1) is 0 Å². The van der Waals surface area contributed by atoms with Crippen LogP contribution in [0.3, 0.4) is 0 Å². The van der Waals surface area contributed by atoms with Crippen LogP contribution >= 0.6 is 0 Å². The molecular formula is C16H14N2O4S.